The van der Waals surface area contributed by atoms with Crippen LogP contribution in [0.5, 0.6) is 0 Å². The molecule has 2 atom stereocenters. The molecule has 0 radical (unpaired) electrons. The molecule has 5 nitrogen and oxygen atoms in total. The smallest absolute Gasteiger partial charge is 0.382 e. The molecule has 0 N–H and O–H groups in total. The van der Waals surface area contributed by atoms with Crippen LogP contribution >= 0.6 is 0 Å². The van der Waals surface area contributed by atoms with Gasteiger partial charge < -0.3 is 26.2 Å². The van der Waals surface area contributed by atoms with Crippen LogP contribution in [-0.4, -0.2) is 56.9 Å². The molecule has 1 amide bonds. The molecule has 174 valence electrons. The number of amides is 1. The second-order valence-corrected chi connectivity index (χ2v) is 9.27. The molecule has 1 aromatic carbocycles. The molecule has 33 heavy (non-hydrogen) atoms. The fourth-order valence-corrected chi connectivity index (χ4v) is 5.73. The summed E-state index contributed by atoms with van der Waals surface area (Å²) < 4.78 is 10.7. The molecule has 0 bridgehead atoms. The molecule has 3 aliphatic heterocycles. The van der Waals surface area contributed by atoms with Crippen molar-refractivity contribution in [3.8, 4) is 0 Å². The van der Waals surface area contributed by atoms with E-state index in [1.54, 1.807) is 13.2 Å². The first-order valence-corrected chi connectivity index (χ1v) is 12.0. The van der Waals surface area contributed by atoms with E-state index in [0.717, 1.165) is 38.6 Å². The average molecular weight is 461 g/mol. The van der Waals surface area contributed by atoms with Crippen molar-refractivity contribution in [1.82, 2.24) is 4.90 Å². The fraction of sp³-hybridized carbons (Fsp3) is 0.556. The minimum absolute atomic E-state index is 0. The summed E-state index contributed by atoms with van der Waals surface area (Å²) in [6.07, 6.45) is 8.89. The molecule has 0 spiro atoms. The molecular formula is C27H37N2NaO3. The number of carbonyl (C=O) groups is 1. The zero-order chi connectivity index (χ0) is 22.7. The Labute approximate surface area is 221 Å². The molecule has 0 saturated carbocycles. The Morgan fingerprint density at radius 1 is 1.21 bits per heavy atom. The van der Waals surface area contributed by atoms with Crippen molar-refractivity contribution in [3.05, 3.63) is 59.7 Å². The third-order valence-corrected chi connectivity index (χ3v) is 7.19. The standard InChI is InChI=1S/C27H37N2O3.Na/c1-5-7-20-8-10-24-22(19-20)27(3,13-6-2)26-21-9-11-25(30)28(15-16-32-18-17-31-4)23(21)12-14-29(24)26;/h8-11,19,23H,2,5-7,12-18H2,1,3-4H3;/q-1;+1. The minimum Gasteiger partial charge on any atom is -0.382 e. The van der Waals surface area contributed by atoms with Gasteiger partial charge in [0.2, 0.25) is 5.91 Å². The maximum absolute atomic E-state index is 12.8. The van der Waals surface area contributed by atoms with Gasteiger partial charge in [0.05, 0.1) is 25.9 Å². The molecule has 0 aliphatic carbocycles. The van der Waals surface area contributed by atoms with E-state index < -0.39 is 0 Å². The first-order valence-electron chi connectivity index (χ1n) is 12.0. The number of allylic oxidation sites excluding steroid dienone is 1. The number of hydrogen-bond donors (Lipinski definition) is 0. The minimum atomic E-state index is -0.0831. The molecular weight excluding hydrogens is 423 g/mol. The molecule has 2 unspecified atom stereocenters. The monoisotopic (exact) mass is 460 g/mol. The topological polar surface area (TPSA) is 42.0 Å². The molecule has 1 aromatic rings. The normalized spacial score (nSPS) is 23.4. The van der Waals surface area contributed by atoms with Crippen LogP contribution in [0.15, 0.2) is 41.6 Å². The van der Waals surface area contributed by atoms with Crippen LogP contribution < -0.4 is 34.5 Å². The fourth-order valence-electron chi connectivity index (χ4n) is 5.73. The van der Waals surface area contributed by atoms with Crippen molar-refractivity contribution >= 4 is 11.6 Å². The predicted molar refractivity (Wildman–Crippen MR) is 129 cm³/mol. The van der Waals surface area contributed by atoms with Crippen molar-refractivity contribution < 1.29 is 43.8 Å². The van der Waals surface area contributed by atoms with Crippen molar-refractivity contribution in [2.45, 2.75) is 57.4 Å². The van der Waals surface area contributed by atoms with Gasteiger partial charge in [-0.1, -0.05) is 31.9 Å². The molecule has 6 heteroatoms. The largest absolute Gasteiger partial charge is 1.00 e. The predicted octanol–water partition coefficient (Wildman–Crippen LogP) is 1.42. The van der Waals surface area contributed by atoms with Gasteiger partial charge in [-0.15, -0.1) is 0 Å². The van der Waals surface area contributed by atoms with Gasteiger partial charge >= 0.3 is 29.6 Å². The number of anilines is 1. The zero-order valence-corrected chi connectivity index (χ0v) is 22.9. The van der Waals surface area contributed by atoms with E-state index in [1.165, 1.54) is 28.1 Å². The van der Waals surface area contributed by atoms with Gasteiger partial charge in [0.25, 0.3) is 0 Å². The zero-order valence-electron chi connectivity index (χ0n) is 20.9. The quantitative estimate of drug-likeness (QED) is 0.301. The maximum Gasteiger partial charge on any atom is 1.00 e. The average Bonchev–Trinajstić information content (AvgIpc) is 3.03. The summed E-state index contributed by atoms with van der Waals surface area (Å²) in [6, 6.07) is 7.14. The third kappa shape index (κ3) is 4.99. The van der Waals surface area contributed by atoms with E-state index in [-0.39, 0.29) is 46.9 Å². The van der Waals surface area contributed by atoms with Crippen LogP contribution in [0.4, 0.5) is 5.69 Å². The maximum atomic E-state index is 12.8. The van der Waals surface area contributed by atoms with Crippen molar-refractivity contribution in [2.75, 3.05) is 44.9 Å². The molecule has 3 aliphatic rings. The SMILES string of the molecule is [CH2-]CCC1(C)C2=C3C=CC(=O)N(CCOCCOC)C3CCN2c2ccc(CCC)cc21.[Na+]. The van der Waals surface area contributed by atoms with E-state index in [2.05, 4.69) is 49.9 Å². The Hall–Kier alpha value is -1.11. The Morgan fingerprint density at radius 3 is 2.76 bits per heavy atom. The van der Waals surface area contributed by atoms with Gasteiger partial charge in [0.1, 0.15) is 0 Å². The molecule has 0 saturated heterocycles. The van der Waals surface area contributed by atoms with Crippen molar-refractivity contribution in [2.24, 2.45) is 0 Å². The Kier molecular flexibility index (Phi) is 9.27. The van der Waals surface area contributed by atoms with Crippen molar-refractivity contribution in [1.29, 1.82) is 0 Å². The van der Waals surface area contributed by atoms with Gasteiger partial charge in [-0.05, 0) is 48.6 Å². The van der Waals surface area contributed by atoms with E-state index >= 15 is 0 Å². The van der Waals surface area contributed by atoms with Crippen LogP contribution in [0.25, 0.3) is 0 Å². The number of nitrogens with zero attached hydrogens (tertiary/aromatic N) is 2. The number of ether oxygens (including phenoxy) is 2. The number of aryl methyl sites for hydroxylation is 1. The Bertz CT molecular complexity index is 913. The van der Waals surface area contributed by atoms with Crippen LogP contribution in [0.1, 0.15) is 50.7 Å². The first-order chi connectivity index (χ1) is 15.5. The van der Waals surface area contributed by atoms with Crippen LogP contribution in [0, 0.1) is 6.92 Å². The molecule has 3 heterocycles. The van der Waals surface area contributed by atoms with E-state index in [0.29, 0.717) is 26.4 Å². The van der Waals surface area contributed by atoms with Crippen LogP contribution in [0.2, 0.25) is 0 Å². The van der Waals surface area contributed by atoms with Gasteiger partial charge in [-0.25, -0.2) is 0 Å². The van der Waals surface area contributed by atoms with Crippen LogP contribution in [-0.2, 0) is 26.1 Å². The summed E-state index contributed by atoms with van der Waals surface area (Å²) in [5.74, 6) is 0.0859. The first kappa shape index (κ1) is 26.5. The molecule has 0 fully saturated rings. The summed E-state index contributed by atoms with van der Waals surface area (Å²) in [5, 5.41) is 0. The second kappa shape index (κ2) is 11.5. The van der Waals surface area contributed by atoms with Gasteiger partial charge in [-0.3, -0.25) is 4.79 Å². The number of benzene rings is 1. The van der Waals surface area contributed by atoms with E-state index in [9.17, 15) is 4.79 Å². The summed E-state index contributed by atoms with van der Waals surface area (Å²) in [6.45, 7) is 12.0. The van der Waals surface area contributed by atoms with Crippen molar-refractivity contribution in [3.63, 3.8) is 0 Å². The summed E-state index contributed by atoms with van der Waals surface area (Å²) in [7, 11) is 1.67. The Morgan fingerprint density at radius 2 is 2.03 bits per heavy atom. The second-order valence-electron chi connectivity index (χ2n) is 9.27. The number of methoxy groups -OCH3 is 1. The Balaban J connectivity index is 0.00000306. The number of hydrogen-bond acceptors (Lipinski definition) is 4. The van der Waals surface area contributed by atoms with E-state index in [1.807, 2.05) is 4.90 Å². The summed E-state index contributed by atoms with van der Waals surface area (Å²) >= 11 is 0. The van der Waals surface area contributed by atoms with Crippen LogP contribution in [0.3, 0.4) is 0 Å². The van der Waals surface area contributed by atoms with Gasteiger partial charge in [0.15, 0.2) is 0 Å². The molecule has 0 aromatic heterocycles. The summed E-state index contributed by atoms with van der Waals surface area (Å²) in [5.41, 5.74) is 6.75. The van der Waals surface area contributed by atoms with Gasteiger partial charge in [0, 0.05) is 43.1 Å². The summed E-state index contributed by atoms with van der Waals surface area (Å²) in [4.78, 5) is 17.3. The van der Waals surface area contributed by atoms with E-state index in [4.69, 9.17) is 9.47 Å². The van der Waals surface area contributed by atoms with Gasteiger partial charge in [-0.2, -0.15) is 6.42 Å². The third-order valence-electron chi connectivity index (χ3n) is 7.19. The number of carbonyl (C=O) groups excluding carboxylic acids is 1. The molecule has 4 rings (SSSR count). The number of fused-ring (bicyclic) bond motifs is 4. The number of rotatable bonds is 10.